The Morgan fingerprint density at radius 2 is 1.95 bits per heavy atom. The molecule has 20 heavy (non-hydrogen) atoms. The molecule has 1 saturated heterocycles. The number of nitrogens with zero attached hydrogens (tertiary/aromatic N) is 1. The summed E-state index contributed by atoms with van der Waals surface area (Å²) in [6.45, 7) is -0.846. The van der Waals surface area contributed by atoms with Crippen LogP contribution in [0.5, 0.6) is 0 Å². The molecule has 0 radical (unpaired) electrons. The topological polar surface area (TPSA) is 145 Å². The average Bonchev–Trinajstić information content (AvgIpc) is 2.70. The Balaban J connectivity index is 2.40. The number of aromatic nitrogens is 2. The van der Waals surface area contributed by atoms with Crippen LogP contribution >= 0.6 is 0 Å². The number of ether oxygens (including phenoxy) is 1. The molecule has 0 amide bonds. The maximum absolute atomic E-state index is 11.8. The highest BCUT2D eigenvalue weighted by molar-refractivity contribution is 5.14. The van der Waals surface area contributed by atoms with E-state index in [0.29, 0.717) is 0 Å². The van der Waals surface area contributed by atoms with Crippen molar-refractivity contribution in [1.82, 2.24) is 9.55 Å². The summed E-state index contributed by atoms with van der Waals surface area (Å²) in [5.74, 6) is 0. The number of hydrogen-bond acceptors (Lipinski definition) is 7. The molecule has 1 fully saturated rings. The van der Waals surface area contributed by atoms with Gasteiger partial charge in [0, 0.05) is 6.20 Å². The monoisotopic (exact) mass is 288 g/mol. The maximum atomic E-state index is 11.8. The van der Waals surface area contributed by atoms with Crippen molar-refractivity contribution in [2.45, 2.75) is 31.0 Å². The summed E-state index contributed by atoms with van der Waals surface area (Å²) in [5, 5.41) is 37.3. The lowest BCUT2D eigenvalue weighted by atomic mass is 10.0. The van der Waals surface area contributed by atoms with Crippen molar-refractivity contribution in [3.8, 4) is 0 Å². The third-order valence-electron chi connectivity index (χ3n) is 3.23. The molecule has 0 spiro atoms. The van der Waals surface area contributed by atoms with E-state index in [-0.39, 0.29) is 18.7 Å². The Labute approximate surface area is 112 Å². The molecule has 1 aromatic rings. The molecular formula is C11H16N2O7. The van der Waals surface area contributed by atoms with Crippen LogP contribution in [0.25, 0.3) is 0 Å². The van der Waals surface area contributed by atoms with E-state index < -0.39 is 42.3 Å². The van der Waals surface area contributed by atoms with E-state index >= 15 is 0 Å². The lowest BCUT2D eigenvalue weighted by Crippen LogP contribution is -2.36. The predicted molar refractivity (Wildman–Crippen MR) is 65.1 cm³/mol. The molecular weight excluding hydrogens is 272 g/mol. The highest BCUT2D eigenvalue weighted by atomic mass is 16.6. The standard InChI is InChI=1S/C11H16N2O7/c14-2-1-13-3-5(10(18)12-11(13)19)9-8(17)7(16)6(4-15)20-9/h3,6-9,14-17H,1-2,4H2,(H,12,18,19)/t6-,7-,8-,9+/m1/s1. The van der Waals surface area contributed by atoms with Crippen molar-refractivity contribution in [3.05, 3.63) is 32.6 Å². The van der Waals surface area contributed by atoms with E-state index in [0.717, 1.165) is 10.8 Å². The normalized spacial score (nSPS) is 29.8. The highest BCUT2D eigenvalue weighted by Crippen LogP contribution is 2.31. The van der Waals surface area contributed by atoms with Crippen molar-refractivity contribution in [1.29, 1.82) is 0 Å². The van der Waals surface area contributed by atoms with Crippen LogP contribution in [0.2, 0.25) is 0 Å². The molecule has 0 unspecified atom stereocenters. The number of rotatable bonds is 4. The first-order chi connectivity index (χ1) is 9.49. The first-order valence-corrected chi connectivity index (χ1v) is 6.06. The summed E-state index contributed by atoms with van der Waals surface area (Å²) in [6.07, 6.45) is -3.72. The van der Waals surface area contributed by atoms with E-state index in [9.17, 15) is 19.8 Å². The average molecular weight is 288 g/mol. The van der Waals surface area contributed by atoms with Gasteiger partial charge in [0.2, 0.25) is 0 Å². The molecule has 1 aliphatic rings. The van der Waals surface area contributed by atoms with Gasteiger partial charge in [0.15, 0.2) is 0 Å². The van der Waals surface area contributed by atoms with E-state index in [4.69, 9.17) is 14.9 Å². The fourth-order valence-electron chi connectivity index (χ4n) is 2.16. The van der Waals surface area contributed by atoms with Crippen LogP contribution in [0, 0.1) is 0 Å². The van der Waals surface area contributed by atoms with E-state index in [1.807, 2.05) is 4.98 Å². The van der Waals surface area contributed by atoms with Crippen LogP contribution in [0.3, 0.4) is 0 Å². The van der Waals surface area contributed by atoms with Gasteiger partial charge in [-0.15, -0.1) is 0 Å². The van der Waals surface area contributed by atoms with Crippen LogP contribution < -0.4 is 11.2 Å². The number of nitrogens with one attached hydrogen (secondary N) is 1. The molecule has 9 nitrogen and oxygen atoms in total. The zero-order chi connectivity index (χ0) is 14.9. The van der Waals surface area contributed by atoms with Gasteiger partial charge in [0.25, 0.3) is 5.56 Å². The molecule has 9 heteroatoms. The molecule has 1 aliphatic heterocycles. The van der Waals surface area contributed by atoms with Crippen molar-refractivity contribution in [2.75, 3.05) is 13.2 Å². The molecule has 4 atom stereocenters. The Morgan fingerprint density at radius 3 is 2.50 bits per heavy atom. The van der Waals surface area contributed by atoms with Gasteiger partial charge < -0.3 is 25.2 Å². The Morgan fingerprint density at radius 1 is 1.25 bits per heavy atom. The van der Waals surface area contributed by atoms with Gasteiger partial charge in [-0.2, -0.15) is 0 Å². The van der Waals surface area contributed by atoms with Crippen molar-refractivity contribution in [3.63, 3.8) is 0 Å². The van der Waals surface area contributed by atoms with Crippen molar-refractivity contribution < 1.29 is 25.2 Å². The zero-order valence-corrected chi connectivity index (χ0v) is 10.5. The second kappa shape index (κ2) is 5.85. The van der Waals surface area contributed by atoms with Gasteiger partial charge >= 0.3 is 5.69 Å². The number of aliphatic hydroxyl groups excluding tert-OH is 4. The summed E-state index contributed by atoms with van der Waals surface area (Å²) in [7, 11) is 0. The molecule has 2 rings (SSSR count). The summed E-state index contributed by atoms with van der Waals surface area (Å²) in [6, 6.07) is 0. The van der Waals surface area contributed by atoms with Crippen LogP contribution in [0.4, 0.5) is 0 Å². The molecule has 0 bridgehead atoms. The van der Waals surface area contributed by atoms with Gasteiger partial charge in [0.1, 0.15) is 24.4 Å². The van der Waals surface area contributed by atoms with Gasteiger partial charge in [-0.1, -0.05) is 0 Å². The largest absolute Gasteiger partial charge is 0.395 e. The first kappa shape index (κ1) is 14.9. The minimum Gasteiger partial charge on any atom is -0.395 e. The van der Waals surface area contributed by atoms with Crippen LogP contribution in [0.15, 0.2) is 15.8 Å². The first-order valence-electron chi connectivity index (χ1n) is 6.06. The van der Waals surface area contributed by atoms with Crippen molar-refractivity contribution >= 4 is 0 Å². The SMILES string of the molecule is O=c1[nH]c(=O)n(CCO)cc1[C@@H]1O[C@H](CO)[C@@H](O)[C@H]1O. The molecule has 1 aromatic heterocycles. The molecule has 112 valence electrons. The summed E-state index contributed by atoms with van der Waals surface area (Å²) in [4.78, 5) is 25.3. The molecule has 2 heterocycles. The van der Waals surface area contributed by atoms with Crippen LogP contribution in [-0.4, -0.2) is 61.5 Å². The molecule has 0 saturated carbocycles. The summed E-state index contributed by atoms with van der Waals surface area (Å²) < 4.78 is 6.29. The minimum absolute atomic E-state index is 0.0303. The molecule has 5 N–H and O–H groups in total. The highest BCUT2D eigenvalue weighted by Gasteiger charge is 2.44. The van der Waals surface area contributed by atoms with E-state index in [1.54, 1.807) is 0 Å². The Kier molecular flexibility index (Phi) is 4.35. The lowest BCUT2D eigenvalue weighted by Gasteiger charge is -2.15. The maximum Gasteiger partial charge on any atom is 0.328 e. The molecule has 0 aromatic carbocycles. The molecule has 0 aliphatic carbocycles. The number of aromatic amines is 1. The minimum atomic E-state index is -1.40. The van der Waals surface area contributed by atoms with Gasteiger partial charge in [-0.3, -0.25) is 14.3 Å². The van der Waals surface area contributed by atoms with Crippen LogP contribution in [-0.2, 0) is 11.3 Å². The summed E-state index contributed by atoms with van der Waals surface area (Å²) in [5.41, 5.74) is -1.50. The lowest BCUT2D eigenvalue weighted by molar-refractivity contribution is -0.0233. The van der Waals surface area contributed by atoms with Gasteiger partial charge in [-0.25, -0.2) is 4.79 Å². The third kappa shape index (κ3) is 2.53. The van der Waals surface area contributed by atoms with E-state index in [1.165, 1.54) is 0 Å². The fraction of sp³-hybridized carbons (Fsp3) is 0.636. The predicted octanol–water partition coefficient (Wildman–Crippen LogP) is -3.32. The smallest absolute Gasteiger partial charge is 0.328 e. The fourth-order valence-corrected chi connectivity index (χ4v) is 2.16. The van der Waals surface area contributed by atoms with Crippen molar-refractivity contribution in [2.24, 2.45) is 0 Å². The Bertz CT molecular complexity index is 581. The quantitative estimate of drug-likeness (QED) is 0.390. The Hall–Kier alpha value is -1.52. The second-order valence-electron chi connectivity index (χ2n) is 4.52. The number of H-pyrrole nitrogens is 1. The zero-order valence-electron chi connectivity index (χ0n) is 10.5. The number of aliphatic hydroxyl groups is 4. The third-order valence-corrected chi connectivity index (χ3v) is 3.23. The summed E-state index contributed by atoms with van der Waals surface area (Å²) >= 11 is 0. The second-order valence-corrected chi connectivity index (χ2v) is 4.52. The van der Waals surface area contributed by atoms with Gasteiger partial charge in [0.05, 0.1) is 25.3 Å². The van der Waals surface area contributed by atoms with Gasteiger partial charge in [-0.05, 0) is 0 Å². The number of hydrogen-bond donors (Lipinski definition) is 5. The van der Waals surface area contributed by atoms with Crippen LogP contribution in [0.1, 0.15) is 11.7 Å². The van der Waals surface area contributed by atoms with E-state index in [2.05, 4.69) is 0 Å².